The van der Waals surface area contributed by atoms with Crippen molar-refractivity contribution >= 4 is 5.97 Å². The maximum absolute atomic E-state index is 12.6. The van der Waals surface area contributed by atoms with Crippen LogP contribution in [0.5, 0.6) is 11.5 Å². The van der Waals surface area contributed by atoms with Crippen molar-refractivity contribution in [2.45, 2.75) is 39.0 Å². The van der Waals surface area contributed by atoms with Gasteiger partial charge in [0.2, 0.25) is 0 Å². The van der Waals surface area contributed by atoms with E-state index in [1.807, 2.05) is 55.5 Å². The summed E-state index contributed by atoms with van der Waals surface area (Å²) in [5.74, 6) is 0.623. The number of hydrogen-bond acceptors (Lipinski definition) is 3. The first-order chi connectivity index (χ1) is 10.8. The second-order valence-corrected chi connectivity index (χ2v) is 6.63. The second-order valence-electron chi connectivity index (χ2n) is 6.63. The highest BCUT2D eigenvalue weighted by molar-refractivity contribution is 5.81. The van der Waals surface area contributed by atoms with Gasteiger partial charge in [0.1, 0.15) is 11.5 Å². The van der Waals surface area contributed by atoms with Gasteiger partial charge in [0.05, 0.1) is 13.0 Å². The van der Waals surface area contributed by atoms with Gasteiger partial charge in [-0.05, 0) is 24.5 Å². The molecule has 0 heterocycles. The van der Waals surface area contributed by atoms with Crippen molar-refractivity contribution in [3.05, 3.63) is 59.7 Å². The average Bonchev–Trinajstić information content (AvgIpc) is 2.53. The summed E-state index contributed by atoms with van der Waals surface area (Å²) in [4.78, 5) is 12.6. The minimum atomic E-state index is -0.404. The Morgan fingerprint density at radius 3 is 2.13 bits per heavy atom. The Morgan fingerprint density at radius 2 is 1.52 bits per heavy atom. The Bertz CT molecular complexity index is 683. The third-order valence-electron chi connectivity index (χ3n) is 3.86. The van der Waals surface area contributed by atoms with Crippen LogP contribution in [0, 0.1) is 0 Å². The molecule has 0 unspecified atom stereocenters. The van der Waals surface area contributed by atoms with Gasteiger partial charge in [-0.1, -0.05) is 57.2 Å². The standard InChI is InChI=1S/C20H24O3/c1-14(15-10-6-8-12-17(15)22-5)19(21)23-18-13-9-7-11-16(18)20(2,3)4/h6-14H,1-5H3/t14-/m0/s1. The Balaban J connectivity index is 2.26. The molecule has 0 aliphatic heterocycles. The van der Waals surface area contributed by atoms with Gasteiger partial charge in [0.25, 0.3) is 0 Å². The molecule has 2 aromatic carbocycles. The molecule has 0 aliphatic carbocycles. The Hall–Kier alpha value is -2.29. The molecule has 0 bridgehead atoms. The number of esters is 1. The largest absolute Gasteiger partial charge is 0.496 e. The van der Waals surface area contributed by atoms with Crippen LogP contribution in [0.2, 0.25) is 0 Å². The minimum absolute atomic E-state index is 0.0927. The van der Waals surface area contributed by atoms with E-state index in [0.29, 0.717) is 11.5 Å². The molecule has 0 aromatic heterocycles. The van der Waals surface area contributed by atoms with E-state index in [4.69, 9.17) is 9.47 Å². The molecule has 2 aromatic rings. The maximum atomic E-state index is 12.6. The van der Waals surface area contributed by atoms with Crippen LogP contribution in [0.4, 0.5) is 0 Å². The van der Waals surface area contributed by atoms with Crippen LogP contribution in [-0.2, 0) is 10.2 Å². The number of carbonyl (C=O) groups is 1. The van der Waals surface area contributed by atoms with Gasteiger partial charge in [-0.25, -0.2) is 0 Å². The molecule has 0 amide bonds. The quantitative estimate of drug-likeness (QED) is 0.606. The van der Waals surface area contributed by atoms with Gasteiger partial charge in [-0.15, -0.1) is 0 Å². The second kappa shape index (κ2) is 6.86. The van der Waals surface area contributed by atoms with E-state index in [-0.39, 0.29) is 11.4 Å². The molecule has 0 fully saturated rings. The monoisotopic (exact) mass is 312 g/mol. The van der Waals surface area contributed by atoms with Crippen molar-refractivity contribution in [3.63, 3.8) is 0 Å². The molecular formula is C20H24O3. The predicted octanol–water partition coefficient (Wildman–Crippen LogP) is 4.70. The first kappa shape index (κ1) is 17.1. The van der Waals surface area contributed by atoms with E-state index >= 15 is 0 Å². The lowest BCUT2D eigenvalue weighted by Gasteiger charge is -2.23. The molecule has 1 atom stereocenters. The molecule has 3 heteroatoms. The topological polar surface area (TPSA) is 35.5 Å². The molecule has 3 nitrogen and oxygen atoms in total. The summed E-state index contributed by atoms with van der Waals surface area (Å²) in [5.41, 5.74) is 1.75. The third-order valence-corrected chi connectivity index (χ3v) is 3.86. The van der Waals surface area contributed by atoms with Crippen molar-refractivity contribution < 1.29 is 14.3 Å². The van der Waals surface area contributed by atoms with Gasteiger partial charge in [0.15, 0.2) is 0 Å². The molecular weight excluding hydrogens is 288 g/mol. The van der Waals surface area contributed by atoms with Crippen LogP contribution in [0.15, 0.2) is 48.5 Å². The highest BCUT2D eigenvalue weighted by Gasteiger charge is 2.24. The zero-order valence-electron chi connectivity index (χ0n) is 14.4. The lowest BCUT2D eigenvalue weighted by Crippen LogP contribution is -2.20. The summed E-state index contributed by atoms with van der Waals surface area (Å²) in [6.45, 7) is 8.13. The van der Waals surface area contributed by atoms with Crippen molar-refractivity contribution in [3.8, 4) is 11.5 Å². The van der Waals surface area contributed by atoms with Crippen LogP contribution in [-0.4, -0.2) is 13.1 Å². The molecule has 0 saturated carbocycles. The molecule has 0 radical (unpaired) electrons. The first-order valence-electron chi connectivity index (χ1n) is 7.78. The van der Waals surface area contributed by atoms with E-state index in [1.165, 1.54) is 0 Å². The minimum Gasteiger partial charge on any atom is -0.496 e. The highest BCUT2D eigenvalue weighted by atomic mass is 16.5. The number of benzene rings is 2. The Morgan fingerprint density at radius 1 is 0.957 bits per heavy atom. The Labute approximate surface area is 138 Å². The number of ether oxygens (including phenoxy) is 2. The fourth-order valence-corrected chi connectivity index (χ4v) is 2.52. The van der Waals surface area contributed by atoms with Crippen LogP contribution < -0.4 is 9.47 Å². The summed E-state index contributed by atoms with van der Waals surface area (Å²) in [6, 6.07) is 15.2. The number of hydrogen-bond donors (Lipinski definition) is 0. The lowest BCUT2D eigenvalue weighted by atomic mass is 9.86. The van der Waals surface area contributed by atoms with Crippen molar-refractivity contribution in [1.29, 1.82) is 0 Å². The van der Waals surface area contributed by atoms with Crippen molar-refractivity contribution in [2.24, 2.45) is 0 Å². The molecule has 0 saturated heterocycles. The highest BCUT2D eigenvalue weighted by Crippen LogP contribution is 2.33. The molecule has 2 rings (SSSR count). The molecule has 0 aliphatic rings. The number of carbonyl (C=O) groups excluding carboxylic acids is 1. The van der Waals surface area contributed by atoms with Crippen LogP contribution in [0.1, 0.15) is 44.7 Å². The summed E-state index contributed by atoms with van der Waals surface area (Å²) >= 11 is 0. The van der Waals surface area contributed by atoms with Gasteiger partial charge in [-0.2, -0.15) is 0 Å². The van der Waals surface area contributed by atoms with E-state index in [1.54, 1.807) is 7.11 Å². The molecule has 0 spiro atoms. The number of para-hydroxylation sites is 2. The van der Waals surface area contributed by atoms with Gasteiger partial charge in [-0.3, -0.25) is 4.79 Å². The van der Waals surface area contributed by atoms with Crippen LogP contribution >= 0.6 is 0 Å². The summed E-state index contributed by atoms with van der Waals surface area (Å²) in [5, 5.41) is 0. The number of methoxy groups -OCH3 is 1. The molecule has 23 heavy (non-hydrogen) atoms. The normalized spacial score (nSPS) is 12.6. The van der Waals surface area contributed by atoms with Gasteiger partial charge < -0.3 is 9.47 Å². The summed E-state index contributed by atoms with van der Waals surface area (Å²) < 4.78 is 11.0. The zero-order valence-corrected chi connectivity index (χ0v) is 14.4. The average molecular weight is 312 g/mol. The summed E-state index contributed by atoms with van der Waals surface area (Å²) in [6.07, 6.45) is 0. The van der Waals surface area contributed by atoms with Gasteiger partial charge in [0, 0.05) is 11.1 Å². The van der Waals surface area contributed by atoms with Crippen molar-refractivity contribution in [2.75, 3.05) is 7.11 Å². The summed E-state index contributed by atoms with van der Waals surface area (Å²) in [7, 11) is 1.60. The maximum Gasteiger partial charge on any atom is 0.318 e. The smallest absolute Gasteiger partial charge is 0.318 e. The molecule has 122 valence electrons. The van der Waals surface area contributed by atoms with Crippen molar-refractivity contribution in [1.82, 2.24) is 0 Å². The van der Waals surface area contributed by atoms with E-state index < -0.39 is 5.92 Å². The SMILES string of the molecule is COc1ccccc1[C@H](C)C(=O)Oc1ccccc1C(C)(C)C. The Kier molecular flexibility index (Phi) is 5.09. The van der Waals surface area contributed by atoms with E-state index in [9.17, 15) is 4.79 Å². The van der Waals surface area contributed by atoms with Crippen LogP contribution in [0.3, 0.4) is 0 Å². The zero-order chi connectivity index (χ0) is 17.0. The lowest BCUT2D eigenvalue weighted by molar-refractivity contribution is -0.135. The van der Waals surface area contributed by atoms with E-state index in [2.05, 4.69) is 20.8 Å². The van der Waals surface area contributed by atoms with E-state index in [0.717, 1.165) is 11.1 Å². The number of rotatable bonds is 4. The first-order valence-corrected chi connectivity index (χ1v) is 7.78. The predicted molar refractivity (Wildman–Crippen MR) is 92.2 cm³/mol. The van der Waals surface area contributed by atoms with Gasteiger partial charge >= 0.3 is 5.97 Å². The fourth-order valence-electron chi connectivity index (χ4n) is 2.52. The molecule has 0 N–H and O–H groups in total. The fraction of sp³-hybridized carbons (Fsp3) is 0.350. The van der Waals surface area contributed by atoms with Crippen LogP contribution in [0.25, 0.3) is 0 Å². The third kappa shape index (κ3) is 3.92.